The maximum Gasteiger partial charge on any atom is 0.253 e. The van der Waals surface area contributed by atoms with Crippen LogP contribution in [0.1, 0.15) is 24.0 Å². The number of likely N-dealkylation sites (N-methyl/N-ethyl adjacent to an activating group) is 1. The number of aromatic nitrogens is 1. The number of hydrogen-bond donors (Lipinski definition) is 2. The van der Waals surface area contributed by atoms with E-state index in [2.05, 4.69) is 27.6 Å². The van der Waals surface area contributed by atoms with Gasteiger partial charge in [-0.2, -0.15) is 0 Å². The fourth-order valence-corrected chi connectivity index (χ4v) is 3.43. The minimum Gasteiger partial charge on any atom is -0.381 e. The maximum absolute atomic E-state index is 12.8. The first-order chi connectivity index (χ1) is 13.1. The van der Waals surface area contributed by atoms with Crippen LogP contribution in [0.3, 0.4) is 0 Å². The zero-order valence-electron chi connectivity index (χ0n) is 15.7. The molecule has 1 fully saturated rings. The highest BCUT2D eigenvalue weighted by molar-refractivity contribution is 6.31. The number of benzene rings is 1. The zero-order chi connectivity index (χ0) is 19.2. The summed E-state index contributed by atoms with van der Waals surface area (Å²) in [5.74, 6) is -0.135. The summed E-state index contributed by atoms with van der Waals surface area (Å²) in [6.07, 6.45) is 5.56. The Kier molecular flexibility index (Phi) is 6.48. The van der Waals surface area contributed by atoms with Crippen molar-refractivity contribution in [2.45, 2.75) is 18.9 Å². The minimum absolute atomic E-state index is 0.135. The number of carbonyl (C=O) groups is 1. The number of likely N-dealkylation sites (tertiary alicyclic amines) is 1. The van der Waals surface area contributed by atoms with E-state index >= 15 is 0 Å². The average Bonchev–Trinajstić information content (AvgIpc) is 2.70. The standard InChI is InChI=1S/C21H25ClN4O/c1-23-21(27)19(15-3-5-17(22)6-4-15)20(16-7-11-24-12-8-16)25-18-9-13-26(2)14-10-18/h3-8,11-12,18,25H,9-10,13-14H2,1-2H3,(H,23,27)/b20-19-. The normalized spacial score (nSPS) is 16.6. The van der Waals surface area contributed by atoms with Crippen molar-refractivity contribution in [3.63, 3.8) is 0 Å². The summed E-state index contributed by atoms with van der Waals surface area (Å²) in [5.41, 5.74) is 3.20. The molecule has 3 rings (SSSR count). The van der Waals surface area contributed by atoms with Gasteiger partial charge in [0.25, 0.3) is 5.91 Å². The van der Waals surface area contributed by atoms with Crippen LogP contribution in [0.4, 0.5) is 0 Å². The van der Waals surface area contributed by atoms with Gasteiger partial charge in [0.2, 0.25) is 0 Å². The molecule has 1 aliphatic heterocycles. The highest BCUT2D eigenvalue weighted by Crippen LogP contribution is 2.27. The Labute approximate surface area is 165 Å². The molecule has 6 heteroatoms. The maximum atomic E-state index is 12.8. The lowest BCUT2D eigenvalue weighted by atomic mass is 9.97. The van der Waals surface area contributed by atoms with E-state index in [9.17, 15) is 4.79 Å². The van der Waals surface area contributed by atoms with Gasteiger partial charge in [-0.15, -0.1) is 0 Å². The molecule has 142 valence electrons. The molecule has 0 saturated carbocycles. The predicted octanol–water partition coefficient (Wildman–Crippen LogP) is 3.03. The molecule has 0 unspecified atom stereocenters. The van der Waals surface area contributed by atoms with E-state index in [1.807, 2.05) is 24.3 Å². The molecule has 0 radical (unpaired) electrons. The molecule has 0 spiro atoms. The van der Waals surface area contributed by atoms with Crippen molar-refractivity contribution in [2.75, 3.05) is 27.2 Å². The van der Waals surface area contributed by atoms with Gasteiger partial charge in [-0.3, -0.25) is 9.78 Å². The number of halogens is 1. The van der Waals surface area contributed by atoms with E-state index < -0.39 is 0 Å². The van der Waals surface area contributed by atoms with Gasteiger partial charge < -0.3 is 15.5 Å². The van der Waals surface area contributed by atoms with Gasteiger partial charge in [0, 0.05) is 36.1 Å². The molecule has 5 nitrogen and oxygen atoms in total. The van der Waals surface area contributed by atoms with Crippen LogP contribution in [-0.2, 0) is 4.79 Å². The van der Waals surface area contributed by atoms with Gasteiger partial charge in [-0.1, -0.05) is 23.7 Å². The summed E-state index contributed by atoms with van der Waals surface area (Å²) in [6, 6.07) is 11.5. The van der Waals surface area contributed by atoms with Gasteiger partial charge in [0.1, 0.15) is 0 Å². The summed E-state index contributed by atoms with van der Waals surface area (Å²) in [4.78, 5) is 19.3. The molecule has 2 N–H and O–H groups in total. The number of pyridine rings is 1. The number of hydrogen-bond acceptors (Lipinski definition) is 4. The van der Waals surface area contributed by atoms with E-state index in [1.165, 1.54) is 0 Å². The lowest BCUT2D eigenvalue weighted by molar-refractivity contribution is -0.115. The molecule has 0 aliphatic carbocycles. The Balaban J connectivity index is 2.08. The first-order valence-electron chi connectivity index (χ1n) is 9.16. The largest absolute Gasteiger partial charge is 0.381 e. The molecule has 2 heterocycles. The van der Waals surface area contributed by atoms with Crippen molar-refractivity contribution in [1.29, 1.82) is 0 Å². The van der Waals surface area contributed by atoms with Crippen LogP contribution in [-0.4, -0.2) is 49.0 Å². The van der Waals surface area contributed by atoms with Crippen molar-refractivity contribution < 1.29 is 4.79 Å². The van der Waals surface area contributed by atoms with Crippen LogP contribution in [0.5, 0.6) is 0 Å². The number of amides is 1. The van der Waals surface area contributed by atoms with Gasteiger partial charge in [0.05, 0.1) is 11.3 Å². The number of carbonyl (C=O) groups excluding carboxylic acids is 1. The van der Waals surface area contributed by atoms with Crippen LogP contribution >= 0.6 is 11.6 Å². The third-order valence-electron chi connectivity index (χ3n) is 4.87. The van der Waals surface area contributed by atoms with Crippen molar-refractivity contribution >= 4 is 28.8 Å². The van der Waals surface area contributed by atoms with Gasteiger partial charge in [0.15, 0.2) is 0 Å². The van der Waals surface area contributed by atoms with E-state index in [-0.39, 0.29) is 5.91 Å². The molecule has 1 aliphatic rings. The van der Waals surface area contributed by atoms with Gasteiger partial charge in [-0.05, 0) is 62.8 Å². The third-order valence-corrected chi connectivity index (χ3v) is 5.13. The molecule has 1 aromatic heterocycles. The van der Waals surface area contributed by atoms with Crippen LogP contribution < -0.4 is 10.6 Å². The summed E-state index contributed by atoms with van der Waals surface area (Å²) in [5, 5.41) is 7.07. The Morgan fingerprint density at radius 3 is 2.30 bits per heavy atom. The summed E-state index contributed by atoms with van der Waals surface area (Å²) >= 11 is 6.05. The quantitative estimate of drug-likeness (QED) is 0.778. The van der Waals surface area contributed by atoms with Gasteiger partial charge in [-0.25, -0.2) is 0 Å². The molecule has 27 heavy (non-hydrogen) atoms. The van der Waals surface area contributed by atoms with E-state index in [1.54, 1.807) is 31.6 Å². The van der Waals surface area contributed by atoms with E-state index in [4.69, 9.17) is 11.6 Å². The second-order valence-corrected chi connectivity index (χ2v) is 7.23. The Morgan fingerprint density at radius 1 is 1.07 bits per heavy atom. The number of piperidine rings is 1. The van der Waals surface area contributed by atoms with Crippen molar-refractivity contribution in [1.82, 2.24) is 20.5 Å². The zero-order valence-corrected chi connectivity index (χ0v) is 16.5. The fourth-order valence-electron chi connectivity index (χ4n) is 3.31. The molecule has 2 aromatic rings. The SMILES string of the molecule is CNC(=O)/C(=C(\NC1CCN(C)CC1)c1ccncc1)c1ccc(Cl)cc1. The molecule has 0 bridgehead atoms. The Morgan fingerprint density at radius 2 is 1.70 bits per heavy atom. The molecule has 1 aromatic carbocycles. The Bertz CT molecular complexity index is 797. The number of nitrogens with zero attached hydrogens (tertiary/aromatic N) is 2. The molecule has 0 atom stereocenters. The van der Waals surface area contributed by atoms with Crippen molar-refractivity contribution in [3.05, 3.63) is 64.9 Å². The van der Waals surface area contributed by atoms with Crippen molar-refractivity contribution in [2.24, 2.45) is 0 Å². The second-order valence-electron chi connectivity index (χ2n) is 6.79. The molecular formula is C21H25ClN4O. The smallest absolute Gasteiger partial charge is 0.253 e. The summed E-state index contributed by atoms with van der Waals surface area (Å²) in [6.45, 7) is 2.08. The first-order valence-corrected chi connectivity index (χ1v) is 9.54. The van der Waals surface area contributed by atoms with Crippen molar-refractivity contribution in [3.8, 4) is 0 Å². The van der Waals surface area contributed by atoms with Crippen LogP contribution in [0.15, 0.2) is 48.8 Å². The predicted molar refractivity (Wildman–Crippen MR) is 110 cm³/mol. The van der Waals surface area contributed by atoms with Gasteiger partial charge >= 0.3 is 0 Å². The van der Waals surface area contributed by atoms with Crippen LogP contribution in [0.25, 0.3) is 11.3 Å². The molecule has 1 saturated heterocycles. The number of rotatable bonds is 5. The Hall–Kier alpha value is -2.37. The highest BCUT2D eigenvalue weighted by Gasteiger charge is 2.23. The first kappa shape index (κ1) is 19.4. The number of nitrogens with one attached hydrogen (secondary N) is 2. The van der Waals surface area contributed by atoms with Crippen LogP contribution in [0.2, 0.25) is 5.02 Å². The lowest BCUT2D eigenvalue weighted by Crippen LogP contribution is -2.40. The monoisotopic (exact) mass is 384 g/mol. The summed E-state index contributed by atoms with van der Waals surface area (Å²) in [7, 11) is 3.79. The third kappa shape index (κ3) is 4.87. The highest BCUT2D eigenvalue weighted by atomic mass is 35.5. The van der Waals surface area contributed by atoms with Crippen LogP contribution in [0, 0.1) is 0 Å². The topological polar surface area (TPSA) is 57.3 Å². The average molecular weight is 385 g/mol. The molecule has 1 amide bonds. The summed E-state index contributed by atoms with van der Waals surface area (Å²) < 4.78 is 0. The van der Waals surface area contributed by atoms with E-state index in [0.29, 0.717) is 16.6 Å². The minimum atomic E-state index is -0.135. The fraction of sp³-hybridized carbons (Fsp3) is 0.333. The second kappa shape index (κ2) is 9.02. The molecular weight excluding hydrogens is 360 g/mol. The van der Waals surface area contributed by atoms with E-state index in [0.717, 1.165) is 42.8 Å². The lowest BCUT2D eigenvalue weighted by Gasteiger charge is -2.31.